The molecule has 0 heterocycles. The van der Waals surface area contributed by atoms with Gasteiger partial charge in [-0.15, -0.1) is 0 Å². The lowest BCUT2D eigenvalue weighted by Gasteiger charge is -2.24. The average molecular weight is 232 g/mol. The van der Waals surface area contributed by atoms with Gasteiger partial charge >= 0.3 is 0 Å². The predicted octanol–water partition coefficient (Wildman–Crippen LogP) is 1.64. The summed E-state index contributed by atoms with van der Waals surface area (Å²) in [6.45, 7) is 4.29. The van der Waals surface area contributed by atoms with Crippen LogP contribution in [-0.2, 0) is 12.8 Å². The van der Waals surface area contributed by atoms with E-state index in [9.17, 15) is 4.79 Å². The van der Waals surface area contributed by atoms with Gasteiger partial charge in [-0.2, -0.15) is 0 Å². The van der Waals surface area contributed by atoms with Gasteiger partial charge in [0.15, 0.2) is 0 Å². The van der Waals surface area contributed by atoms with Crippen LogP contribution in [0, 0.1) is 0 Å². The number of hydrogen-bond donors (Lipinski definition) is 2. The van der Waals surface area contributed by atoms with Gasteiger partial charge in [-0.25, -0.2) is 0 Å². The van der Waals surface area contributed by atoms with Crippen molar-refractivity contribution in [1.82, 2.24) is 5.32 Å². The second-order valence-electron chi connectivity index (χ2n) is 5.38. The molecule has 3 nitrogen and oxygen atoms in total. The summed E-state index contributed by atoms with van der Waals surface area (Å²) < 4.78 is 0. The lowest BCUT2D eigenvalue weighted by atomic mass is 10.0. The number of aryl methyl sites for hydroxylation is 2. The Morgan fingerprint density at radius 1 is 1.35 bits per heavy atom. The lowest BCUT2D eigenvalue weighted by molar-refractivity contribution is 0.0915. The number of carbonyl (C=O) groups excluding carboxylic acids is 1. The number of benzene rings is 1. The van der Waals surface area contributed by atoms with E-state index in [1.165, 1.54) is 17.5 Å². The highest BCUT2D eigenvalue weighted by atomic mass is 16.1. The van der Waals surface area contributed by atoms with Crippen LogP contribution in [0.4, 0.5) is 0 Å². The molecule has 1 aromatic carbocycles. The maximum absolute atomic E-state index is 12.1. The van der Waals surface area contributed by atoms with Crippen molar-refractivity contribution in [2.75, 3.05) is 6.54 Å². The Kier molecular flexibility index (Phi) is 3.20. The summed E-state index contributed by atoms with van der Waals surface area (Å²) in [6.07, 6.45) is 3.44. The summed E-state index contributed by atoms with van der Waals surface area (Å²) >= 11 is 0. The van der Waals surface area contributed by atoms with Gasteiger partial charge in [0.2, 0.25) is 0 Å². The van der Waals surface area contributed by atoms with Gasteiger partial charge in [0.25, 0.3) is 5.91 Å². The number of hydrogen-bond acceptors (Lipinski definition) is 2. The summed E-state index contributed by atoms with van der Waals surface area (Å²) in [6, 6.07) is 6.00. The van der Waals surface area contributed by atoms with Crippen LogP contribution >= 0.6 is 0 Å². The van der Waals surface area contributed by atoms with Crippen LogP contribution in [0.1, 0.15) is 41.8 Å². The molecule has 1 amide bonds. The summed E-state index contributed by atoms with van der Waals surface area (Å²) in [4.78, 5) is 12.1. The molecule has 1 aliphatic carbocycles. The molecule has 1 aromatic rings. The fraction of sp³-hybridized carbons (Fsp3) is 0.500. The molecule has 92 valence electrons. The summed E-state index contributed by atoms with van der Waals surface area (Å²) in [7, 11) is 0. The molecule has 3 N–H and O–H groups in total. The molecule has 0 fully saturated rings. The standard InChI is InChI=1S/C14H20N2O/c1-14(2,9-15)16-13(17)12-7-6-10-4-3-5-11(10)8-12/h6-8H,3-5,9,15H2,1-2H3,(H,16,17). The maximum Gasteiger partial charge on any atom is 0.251 e. The topological polar surface area (TPSA) is 55.1 Å². The largest absolute Gasteiger partial charge is 0.346 e. The van der Waals surface area contributed by atoms with Crippen LogP contribution in [0.2, 0.25) is 0 Å². The van der Waals surface area contributed by atoms with Crippen LogP contribution in [0.25, 0.3) is 0 Å². The third-order valence-electron chi connectivity index (χ3n) is 3.32. The lowest BCUT2D eigenvalue weighted by Crippen LogP contribution is -2.48. The van der Waals surface area contributed by atoms with E-state index in [0.717, 1.165) is 18.4 Å². The molecular formula is C14H20N2O. The summed E-state index contributed by atoms with van der Waals surface area (Å²) in [5.74, 6) is -0.0323. The van der Waals surface area contributed by atoms with Crippen LogP contribution in [0.5, 0.6) is 0 Å². The first-order chi connectivity index (χ1) is 8.02. The molecular weight excluding hydrogens is 212 g/mol. The Labute approximate surface area is 102 Å². The van der Waals surface area contributed by atoms with E-state index in [-0.39, 0.29) is 11.4 Å². The minimum absolute atomic E-state index is 0.0323. The molecule has 0 radical (unpaired) electrons. The number of rotatable bonds is 3. The highest BCUT2D eigenvalue weighted by molar-refractivity contribution is 5.95. The van der Waals surface area contributed by atoms with Gasteiger partial charge in [0.1, 0.15) is 0 Å². The molecule has 2 rings (SSSR count). The molecule has 0 saturated carbocycles. The molecule has 0 bridgehead atoms. The van der Waals surface area contributed by atoms with Crippen molar-refractivity contribution in [3.8, 4) is 0 Å². The van der Waals surface area contributed by atoms with E-state index in [4.69, 9.17) is 5.73 Å². The molecule has 3 heteroatoms. The number of nitrogens with one attached hydrogen (secondary N) is 1. The van der Waals surface area contributed by atoms with Crippen LogP contribution in [0.15, 0.2) is 18.2 Å². The Morgan fingerprint density at radius 2 is 2.06 bits per heavy atom. The maximum atomic E-state index is 12.1. The van der Waals surface area contributed by atoms with E-state index < -0.39 is 0 Å². The fourth-order valence-electron chi connectivity index (χ4n) is 2.14. The Morgan fingerprint density at radius 3 is 2.76 bits per heavy atom. The van der Waals surface area contributed by atoms with Gasteiger partial charge in [0, 0.05) is 17.6 Å². The van der Waals surface area contributed by atoms with Crippen molar-refractivity contribution in [3.05, 3.63) is 34.9 Å². The molecule has 0 unspecified atom stereocenters. The van der Waals surface area contributed by atoms with E-state index in [2.05, 4.69) is 11.4 Å². The molecule has 0 aromatic heterocycles. The van der Waals surface area contributed by atoms with E-state index >= 15 is 0 Å². The van der Waals surface area contributed by atoms with Crippen molar-refractivity contribution in [2.24, 2.45) is 5.73 Å². The zero-order chi connectivity index (χ0) is 12.5. The smallest absolute Gasteiger partial charge is 0.251 e. The van der Waals surface area contributed by atoms with Crippen LogP contribution in [-0.4, -0.2) is 18.0 Å². The van der Waals surface area contributed by atoms with Crippen molar-refractivity contribution >= 4 is 5.91 Å². The third kappa shape index (κ3) is 2.67. The Bertz CT molecular complexity index is 438. The number of fused-ring (bicyclic) bond motifs is 1. The third-order valence-corrected chi connectivity index (χ3v) is 3.32. The first kappa shape index (κ1) is 12.1. The number of carbonyl (C=O) groups is 1. The van der Waals surface area contributed by atoms with Gasteiger partial charge in [0.05, 0.1) is 0 Å². The zero-order valence-corrected chi connectivity index (χ0v) is 10.5. The summed E-state index contributed by atoms with van der Waals surface area (Å²) in [5.41, 5.74) is 8.71. The van der Waals surface area contributed by atoms with Crippen molar-refractivity contribution in [3.63, 3.8) is 0 Å². The van der Waals surface area contributed by atoms with Gasteiger partial charge in [-0.1, -0.05) is 6.07 Å². The van der Waals surface area contributed by atoms with Gasteiger partial charge < -0.3 is 11.1 Å². The highest BCUT2D eigenvalue weighted by Crippen LogP contribution is 2.22. The van der Waals surface area contributed by atoms with Gasteiger partial charge in [-0.05, 0) is 56.4 Å². The number of nitrogens with two attached hydrogens (primary N) is 1. The van der Waals surface area contributed by atoms with E-state index in [1.54, 1.807) is 0 Å². The van der Waals surface area contributed by atoms with Crippen LogP contribution < -0.4 is 11.1 Å². The SMILES string of the molecule is CC(C)(CN)NC(=O)c1ccc2c(c1)CCC2. The molecule has 17 heavy (non-hydrogen) atoms. The first-order valence-electron chi connectivity index (χ1n) is 6.16. The minimum Gasteiger partial charge on any atom is -0.346 e. The quantitative estimate of drug-likeness (QED) is 0.832. The van der Waals surface area contributed by atoms with E-state index in [0.29, 0.717) is 6.54 Å². The normalized spacial score (nSPS) is 14.5. The average Bonchev–Trinajstić information content (AvgIpc) is 2.75. The molecule has 0 atom stereocenters. The minimum atomic E-state index is -0.351. The second-order valence-corrected chi connectivity index (χ2v) is 5.38. The Balaban J connectivity index is 2.15. The molecule has 1 aliphatic rings. The van der Waals surface area contributed by atoms with E-state index in [1.807, 2.05) is 26.0 Å². The van der Waals surface area contributed by atoms with Crippen LogP contribution in [0.3, 0.4) is 0 Å². The van der Waals surface area contributed by atoms with Crippen molar-refractivity contribution < 1.29 is 4.79 Å². The van der Waals surface area contributed by atoms with Crippen molar-refractivity contribution in [2.45, 2.75) is 38.6 Å². The predicted molar refractivity (Wildman–Crippen MR) is 69.1 cm³/mol. The molecule has 0 saturated heterocycles. The fourth-order valence-corrected chi connectivity index (χ4v) is 2.14. The number of amides is 1. The molecule has 0 spiro atoms. The van der Waals surface area contributed by atoms with Crippen molar-refractivity contribution in [1.29, 1.82) is 0 Å². The molecule has 0 aliphatic heterocycles. The first-order valence-corrected chi connectivity index (χ1v) is 6.16. The van der Waals surface area contributed by atoms with Gasteiger partial charge in [-0.3, -0.25) is 4.79 Å². The highest BCUT2D eigenvalue weighted by Gasteiger charge is 2.20. The zero-order valence-electron chi connectivity index (χ0n) is 10.5. The Hall–Kier alpha value is -1.35. The monoisotopic (exact) mass is 232 g/mol. The second kappa shape index (κ2) is 4.49. The summed E-state index contributed by atoms with van der Waals surface area (Å²) in [5, 5.41) is 2.95.